The van der Waals surface area contributed by atoms with E-state index in [1.807, 2.05) is 0 Å². The van der Waals surface area contributed by atoms with Gasteiger partial charge in [0.15, 0.2) is 0 Å². The predicted molar refractivity (Wildman–Crippen MR) is 87.6 cm³/mol. The number of aryl methyl sites for hydroxylation is 3. The van der Waals surface area contributed by atoms with E-state index in [9.17, 15) is 0 Å². The summed E-state index contributed by atoms with van der Waals surface area (Å²) in [4.78, 5) is 11.3. The normalized spacial score (nSPS) is 11.2. The summed E-state index contributed by atoms with van der Waals surface area (Å²) in [5.74, 6) is 0.947. The summed E-state index contributed by atoms with van der Waals surface area (Å²) in [6.07, 6.45) is 1.68. The Morgan fingerprint density at radius 2 is 2.00 bits per heavy atom. The molecular weight excluding hydrogens is 284 g/mol. The van der Waals surface area contributed by atoms with E-state index in [0.29, 0.717) is 0 Å². The van der Waals surface area contributed by atoms with Gasteiger partial charge in [0, 0.05) is 16.0 Å². The average Bonchev–Trinajstić information content (AvgIpc) is 2.73. The Hall–Kier alpha value is -1.39. The Morgan fingerprint density at radius 1 is 1.15 bits per heavy atom. The molecule has 0 atom stereocenters. The van der Waals surface area contributed by atoms with Gasteiger partial charge in [-0.1, -0.05) is 29.8 Å². The van der Waals surface area contributed by atoms with Crippen LogP contribution in [0.15, 0.2) is 35.6 Å². The van der Waals surface area contributed by atoms with Crippen molar-refractivity contribution >= 4 is 33.3 Å². The molecule has 3 rings (SSSR count). The second kappa shape index (κ2) is 5.54. The summed E-state index contributed by atoms with van der Waals surface area (Å²) in [6.45, 7) is 6.44. The number of benzene rings is 1. The summed E-state index contributed by atoms with van der Waals surface area (Å²) in [5.41, 5.74) is 3.96. The lowest BCUT2D eigenvalue weighted by molar-refractivity contribution is 1.10. The fourth-order valence-electron chi connectivity index (χ4n) is 2.21. The van der Waals surface area contributed by atoms with Crippen LogP contribution in [0, 0.1) is 20.8 Å². The molecule has 0 saturated heterocycles. The number of thiophene rings is 1. The van der Waals surface area contributed by atoms with Crippen LogP contribution in [0.1, 0.15) is 21.6 Å². The van der Waals surface area contributed by atoms with Gasteiger partial charge in [-0.05, 0) is 31.9 Å². The molecule has 0 spiro atoms. The highest BCUT2D eigenvalue weighted by Gasteiger charge is 2.12. The molecule has 0 bridgehead atoms. The maximum Gasteiger partial charge on any atom is 0.128 e. The van der Waals surface area contributed by atoms with Crippen molar-refractivity contribution in [3.05, 3.63) is 52.2 Å². The van der Waals surface area contributed by atoms with Gasteiger partial charge in [0.25, 0.3) is 0 Å². The first-order chi connectivity index (χ1) is 9.65. The first kappa shape index (κ1) is 13.6. The third-order valence-electron chi connectivity index (χ3n) is 3.39. The molecule has 0 aliphatic rings. The van der Waals surface area contributed by atoms with Crippen molar-refractivity contribution in [1.82, 2.24) is 9.97 Å². The molecule has 0 unspecified atom stereocenters. The van der Waals surface area contributed by atoms with Crippen molar-refractivity contribution in [2.45, 2.75) is 31.6 Å². The summed E-state index contributed by atoms with van der Waals surface area (Å²) in [7, 11) is 0. The molecule has 0 fully saturated rings. The highest BCUT2D eigenvalue weighted by molar-refractivity contribution is 7.98. The molecule has 2 heterocycles. The van der Waals surface area contributed by atoms with Gasteiger partial charge < -0.3 is 0 Å². The van der Waals surface area contributed by atoms with Crippen molar-refractivity contribution in [2.75, 3.05) is 0 Å². The predicted octanol–water partition coefficient (Wildman–Crippen LogP) is 4.91. The van der Waals surface area contributed by atoms with Gasteiger partial charge in [0.05, 0.1) is 0 Å². The van der Waals surface area contributed by atoms with E-state index in [1.165, 1.54) is 27.0 Å². The van der Waals surface area contributed by atoms with E-state index in [-0.39, 0.29) is 0 Å². The second-order valence-electron chi connectivity index (χ2n) is 4.92. The van der Waals surface area contributed by atoms with Crippen LogP contribution in [0.2, 0.25) is 0 Å². The standard InChI is InChI=1S/C16H16N2S2/c1-10-5-4-6-13(7-10)8-19-15-14-11(2)12(3)20-16(14)18-9-17-15/h4-7,9H,8H2,1-3H3. The SMILES string of the molecule is Cc1cccc(CSc2ncnc3sc(C)c(C)c23)c1. The van der Waals surface area contributed by atoms with Gasteiger partial charge in [-0.15, -0.1) is 23.1 Å². The minimum absolute atomic E-state index is 0.947. The zero-order chi connectivity index (χ0) is 14.1. The van der Waals surface area contributed by atoms with Crippen LogP contribution in [-0.2, 0) is 5.75 Å². The molecule has 0 radical (unpaired) electrons. The molecular formula is C16H16N2S2. The first-order valence-electron chi connectivity index (χ1n) is 6.54. The van der Waals surface area contributed by atoms with E-state index in [2.05, 4.69) is 55.0 Å². The van der Waals surface area contributed by atoms with Crippen LogP contribution in [0.4, 0.5) is 0 Å². The Kier molecular flexibility index (Phi) is 3.76. The zero-order valence-corrected chi connectivity index (χ0v) is 13.4. The Morgan fingerprint density at radius 3 is 2.80 bits per heavy atom. The monoisotopic (exact) mass is 300 g/mol. The van der Waals surface area contributed by atoms with Crippen LogP contribution < -0.4 is 0 Å². The Balaban J connectivity index is 1.91. The van der Waals surface area contributed by atoms with Crippen molar-refractivity contribution in [3.8, 4) is 0 Å². The topological polar surface area (TPSA) is 25.8 Å². The Labute approximate surface area is 127 Å². The van der Waals surface area contributed by atoms with Crippen molar-refractivity contribution < 1.29 is 0 Å². The minimum atomic E-state index is 0.947. The number of aromatic nitrogens is 2. The van der Waals surface area contributed by atoms with E-state index in [4.69, 9.17) is 0 Å². The molecule has 0 aliphatic heterocycles. The molecule has 102 valence electrons. The van der Waals surface area contributed by atoms with Gasteiger partial charge in [-0.2, -0.15) is 0 Å². The number of thioether (sulfide) groups is 1. The number of rotatable bonds is 3. The van der Waals surface area contributed by atoms with E-state index >= 15 is 0 Å². The van der Waals surface area contributed by atoms with Gasteiger partial charge in [0.2, 0.25) is 0 Å². The third-order valence-corrected chi connectivity index (χ3v) is 5.56. The maximum absolute atomic E-state index is 4.48. The minimum Gasteiger partial charge on any atom is -0.229 e. The highest BCUT2D eigenvalue weighted by Crippen LogP contribution is 2.35. The first-order valence-corrected chi connectivity index (χ1v) is 8.34. The molecule has 0 aliphatic carbocycles. The molecule has 2 aromatic heterocycles. The third kappa shape index (κ3) is 2.58. The summed E-state index contributed by atoms with van der Waals surface area (Å²) < 4.78 is 0. The lowest BCUT2D eigenvalue weighted by Crippen LogP contribution is -1.87. The van der Waals surface area contributed by atoms with Crippen molar-refractivity contribution in [2.24, 2.45) is 0 Å². The van der Waals surface area contributed by atoms with Crippen LogP contribution in [0.25, 0.3) is 10.2 Å². The lowest BCUT2D eigenvalue weighted by Gasteiger charge is -2.04. The van der Waals surface area contributed by atoms with Crippen LogP contribution in [-0.4, -0.2) is 9.97 Å². The molecule has 0 amide bonds. The zero-order valence-electron chi connectivity index (χ0n) is 11.8. The maximum atomic E-state index is 4.48. The lowest BCUT2D eigenvalue weighted by atomic mass is 10.2. The molecule has 4 heteroatoms. The molecule has 20 heavy (non-hydrogen) atoms. The van der Waals surface area contributed by atoms with E-state index in [1.54, 1.807) is 29.4 Å². The van der Waals surface area contributed by atoms with E-state index in [0.717, 1.165) is 15.6 Å². The number of nitrogens with zero attached hydrogens (tertiary/aromatic N) is 2. The number of hydrogen-bond acceptors (Lipinski definition) is 4. The largest absolute Gasteiger partial charge is 0.229 e. The highest BCUT2D eigenvalue weighted by atomic mass is 32.2. The second-order valence-corrected chi connectivity index (χ2v) is 7.09. The number of fused-ring (bicyclic) bond motifs is 1. The molecule has 3 aromatic rings. The molecule has 0 N–H and O–H groups in total. The average molecular weight is 300 g/mol. The van der Waals surface area contributed by atoms with Gasteiger partial charge in [-0.25, -0.2) is 9.97 Å². The van der Waals surface area contributed by atoms with Gasteiger partial charge >= 0.3 is 0 Å². The van der Waals surface area contributed by atoms with Gasteiger partial charge in [0.1, 0.15) is 16.2 Å². The van der Waals surface area contributed by atoms with Crippen LogP contribution >= 0.6 is 23.1 Å². The summed E-state index contributed by atoms with van der Waals surface area (Å²) >= 11 is 3.55. The summed E-state index contributed by atoms with van der Waals surface area (Å²) in [6, 6.07) is 8.64. The quantitative estimate of drug-likeness (QED) is 0.508. The van der Waals surface area contributed by atoms with Crippen molar-refractivity contribution in [1.29, 1.82) is 0 Å². The molecule has 0 saturated carbocycles. The number of hydrogen-bond donors (Lipinski definition) is 0. The fourth-order valence-corrected chi connectivity index (χ4v) is 4.27. The van der Waals surface area contributed by atoms with Crippen molar-refractivity contribution in [3.63, 3.8) is 0 Å². The smallest absolute Gasteiger partial charge is 0.128 e. The van der Waals surface area contributed by atoms with Crippen LogP contribution in [0.5, 0.6) is 0 Å². The van der Waals surface area contributed by atoms with Gasteiger partial charge in [-0.3, -0.25) is 0 Å². The van der Waals surface area contributed by atoms with E-state index < -0.39 is 0 Å². The molecule has 1 aromatic carbocycles. The van der Waals surface area contributed by atoms with Crippen LogP contribution in [0.3, 0.4) is 0 Å². The Bertz CT molecular complexity index is 762. The molecule has 2 nitrogen and oxygen atoms in total. The summed E-state index contributed by atoms with van der Waals surface area (Å²) in [5, 5.41) is 2.33. The fraction of sp³-hybridized carbons (Fsp3) is 0.250.